The molecule has 5 aromatic rings. The van der Waals surface area contributed by atoms with Crippen LogP contribution in [-0.2, 0) is 25.8 Å². The van der Waals surface area contributed by atoms with Crippen molar-refractivity contribution in [3.05, 3.63) is 104 Å². The monoisotopic (exact) mass is 580 g/mol. The predicted octanol–water partition coefficient (Wildman–Crippen LogP) is 5.66. The third-order valence-electron chi connectivity index (χ3n) is 8.28. The molecule has 0 unspecified atom stereocenters. The van der Waals surface area contributed by atoms with Gasteiger partial charge in [-0.05, 0) is 36.0 Å². The Kier molecular flexibility index (Phi) is 8.44. The lowest BCUT2D eigenvalue weighted by atomic mass is 9.87. The summed E-state index contributed by atoms with van der Waals surface area (Å²) in [5, 5.41) is 8.07. The summed E-state index contributed by atoms with van der Waals surface area (Å²) < 4.78 is 12.1. The van der Waals surface area contributed by atoms with Crippen molar-refractivity contribution in [1.29, 1.82) is 0 Å². The molecule has 3 aromatic heterocycles. The van der Waals surface area contributed by atoms with Crippen molar-refractivity contribution >= 4 is 0 Å². The van der Waals surface area contributed by atoms with Crippen LogP contribution in [0.2, 0.25) is 0 Å². The van der Waals surface area contributed by atoms with Gasteiger partial charge >= 0.3 is 5.76 Å². The number of aromatic nitrogens is 6. The van der Waals surface area contributed by atoms with Gasteiger partial charge in [0.1, 0.15) is 5.82 Å². The maximum Gasteiger partial charge on any atom is 0.439 e. The van der Waals surface area contributed by atoms with Crippen LogP contribution in [-0.4, -0.2) is 29.8 Å². The predicted molar refractivity (Wildman–Crippen MR) is 162 cm³/mol. The summed E-state index contributed by atoms with van der Waals surface area (Å²) in [6, 6.07) is 15.7. The molecule has 1 aliphatic carbocycles. The molecule has 0 bridgehead atoms. The summed E-state index contributed by atoms with van der Waals surface area (Å²) in [5.74, 6) is 2.34. The maximum absolute atomic E-state index is 13.9. The summed E-state index contributed by atoms with van der Waals surface area (Å²) in [4.78, 5) is 37.5. The third-order valence-corrected chi connectivity index (χ3v) is 8.28. The standard InChI is InChI=1S/C33H36N6O4/c1-3-9-29-34-21(2)27(19-30-35-28(37-42-30)18-22-10-5-4-6-11-22)32(40)39(29)20-23-14-16-24(17-15-23)25-12-7-8-13-26(25)31-36-33(41)43-38-31/h7-8,12-17,22H,3-6,9-11,18-20H2,1-2H3,(H,36,38,41). The van der Waals surface area contributed by atoms with Gasteiger partial charge in [-0.2, -0.15) is 4.98 Å². The van der Waals surface area contributed by atoms with Crippen molar-refractivity contribution in [3.63, 3.8) is 0 Å². The lowest BCUT2D eigenvalue weighted by Gasteiger charge is -2.19. The minimum Gasteiger partial charge on any atom is -0.339 e. The van der Waals surface area contributed by atoms with E-state index < -0.39 is 5.76 Å². The van der Waals surface area contributed by atoms with Crippen LogP contribution in [0.1, 0.15) is 79.8 Å². The number of hydrogen-bond acceptors (Lipinski definition) is 8. The zero-order chi connectivity index (χ0) is 29.8. The van der Waals surface area contributed by atoms with Crippen molar-refractivity contribution in [2.75, 3.05) is 0 Å². The van der Waals surface area contributed by atoms with Crippen molar-refractivity contribution in [3.8, 4) is 22.5 Å². The Labute approximate surface area is 249 Å². The van der Waals surface area contributed by atoms with Crippen LogP contribution in [0.4, 0.5) is 0 Å². The van der Waals surface area contributed by atoms with Gasteiger partial charge in [0.25, 0.3) is 5.56 Å². The van der Waals surface area contributed by atoms with E-state index in [1.54, 1.807) is 4.57 Å². The zero-order valence-electron chi connectivity index (χ0n) is 24.6. The molecule has 6 rings (SSSR count). The van der Waals surface area contributed by atoms with Crippen LogP contribution in [0, 0.1) is 12.8 Å². The van der Waals surface area contributed by atoms with E-state index in [0.29, 0.717) is 41.9 Å². The van der Waals surface area contributed by atoms with Crippen LogP contribution < -0.4 is 11.3 Å². The van der Waals surface area contributed by atoms with Crippen molar-refractivity contribution in [1.82, 2.24) is 29.8 Å². The largest absolute Gasteiger partial charge is 0.439 e. The molecular weight excluding hydrogens is 544 g/mol. The zero-order valence-corrected chi connectivity index (χ0v) is 24.6. The highest BCUT2D eigenvalue weighted by Crippen LogP contribution is 2.30. The van der Waals surface area contributed by atoms with Crippen molar-refractivity contribution in [2.45, 2.75) is 78.2 Å². The first-order valence-corrected chi connectivity index (χ1v) is 15.1. The Morgan fingerprint density at radius 2 is 1.70 bits per heavy atom. The molecule has 2 aromatic carbocycles. The van der Waals surface area contributed by atoms with E-state index in [2.05, 4.69) is 27.2 Å². The normalized spacial score (nSPS) is 13.9. The SMILES string of the molecule is CCCc1nc(C)c(Cc2nc(CC3CCCCC3)no2)c(=O)n1Cc1ccc(-c2ccccc2-c2noc(=O)[nH]2)cc1. The number of H-pyrrole nitrogens is 1. The first-order valence-electron chi connectivity index (χ1n) is 15.1. The molecule has 0 atom stereocenters. The van der Waals surface area contributed by atoms with Crippen LogP contribution in [0.15, 0.2) is 67.2 Å². The van der Waals surface area contributed by atoms with E-state index >= 15 is 0 Å². The number of benzene rings is 2. The summed E-state index contributed by atoms with van der Waals surface area (Å²) in [6.07, 6.45) is 8.95. The van der Waals surface area contributed by atoms with Gasteiger partial charge in [0.15, 0.2) is 11.6 Å². The molecule has 1 saturated carbocycles. The van der Waals surface area contributed by atoms with Crippen LogP contribution in [0.3, 0.4) is 0 Å². The third kappa shape index (κ3) is 6.43. The van der Waals surface area contributed by atoms with Gasteiger partial charge in [0.05, 0.1) is 13.0 Å². The maximum atomic E-state index is 13.9. The minimum absolute atomic E-state index is 0.0765. The fourth-order valence-electron chi connectivity index (χ4n) is 6.04. The Morgan fingerprint density at radius 1 is 0.930 bits per heavy atom. The Hall–Kier alpha value is -4.60. The number of nitrogens with one attached hydrogen (secondary N) is 1. The average Bonchev–Trinajstić information content (AvgIpc) is 3.66. The van der Waals surface area contributed by atoms with E-state index in [9.17, 15) is 9.59 Å². The number of aromatic amines is 1. The topological polar surface area (TPSA) is 133 Å². The minimum atomic E-state index is -0.599. The quantitative estimate of drug-likeness (QED) is 0.224. The van der Waals surface area contributed by atoms with E-state index in [1.807, 2.05) is 55.5 Å². The van der Waals surface area contributed by atoms with Crippen LogP contribution >= 0.6 is 0 Å². The van der Waals surface area contributed by atoms with Gasteiger partial charge in [-0.1, -0.05) is 97.9 Å². The van der Waals surface area contributed by atoms with Gasteiger partial charge in [0.2, 0.25) is 5.89 Å². The molecular formula is C33H36N6O4. The lowest BCUT2D eigenvalue weighted by Crippen LogP contribution is -2.30. The van der Waals surface area contributed by atoms with Gasteiger partial charge in [-0.15, -0.1) is 0 Å². The summed E-state index contributed by atoms with van der Waals surface area (Å²) >= 11 is 0. The molecule has 0 saturated heterocycles. The fraction of sp³-hybridized carbons (Fsp3) is 0.394. The molecule has 222 valence electrons. The highest BCUT2D eigenvalue weighted by molar-refractivity contribution is 5.80. The number of nitrogens with zero attached hydrogens (tertiary/aromatic N) is 5. The van der Waals surface area contributed by atoms with E-state index in [-0.39, 0.29) is 12.0 Å². The Balaban J connectivity index is 1.25. The second-order valence-corrected chi connectivity index (χ2v) is 11.4. The summed E-state index contributed by atoms with van der Waals surface area (Å²) in [7, 11) is 0. The van der Waals surface area contributed by atoms with Crippen LogP contribution in [0.25, 0.3) is 22.5 Å². The smallest absolute Gasteiger partial charge is 0.339 e. The molecule has 1 aliphatic rings. The van der Waals surface area contributed by atoms with E-state index in [4.69, 9.17) is 14.0 Å². The Bertz CT molecular complexity index is 1810. The molecule has 0 spiro atoms. The molecule has 0 radical (unpaired) electrons. The average molecular weight is 581 g/mol. The second kappa shape index (κ2) is 12.7. The van der Waals surface area contributed by atoms with Crippen molar-refractivity contribution < 1.29 is 9.05 Å². The van der Waals surface area contributed by atoms with Gasteiger partial charge in [-0.25, -0.2) is 9.78 Å². The molecule has 10 nitrogen and oxygen atoms in total. The summed E-state index contributed by atoms with van der Waals surface area (Å²) in [6.45, 7) is 4.36. The first-order chi connectivity index (χ1) is 21.0. The molecule has 1 fully saturated rings. The molecule has 1 N–H and O–H groups in total. The fourth-order valence-corrected chi connectivity index (χ4v) is 6.04. The molecule has 3 heterocycles. The van der Waals surface area contributed by atoms with Crippen molar-refractivity contribution in [2.24, 2.45) is 5.92 Å². The number of aryl methyl sites for hydroxylation is 2. The van der Waals surface area contributed by atoms with Gasteiger partial charge < -0.3 is 4.52 Å². The summed E-state index contributed by atoms with van der Waals surface area (Å²) in [5.41, 5.74) is 4.80. The van der Waals surface area contributed by atoms with Gasteiger partial charge in [-0.3, -0.25) is 18.9 Å². The lowest BCUT2D eigenvalue weighted by molar-refractivity contribution is 0.338. The Morgan fingerprint density at radius 3 is 2.42 bits per heavy atom. The van der Waals surface area contributed by atoms with Crippen LogP contribution in [0.5, 0.6) is 0 Å². The molecule has 10 heteroatoms. The molecule has 43 heavy (non-hydrogen) atoms. The van der Waals surface area contributed by atoms with E-state index in [0.717, 1.165) is 46.7 Å². The van der Waals surface area contributed by atoms with Gasteiger partial charge in [0, 0.05) is 29.7 Å². The highest BCUT2D eigenvalue weighted by atomic mass is 16.5. The molecule has 0 amide bonds. The molecule has 0 aliphatic heterocycles. The second-order valence-electron chi connectivity index (χ2n) is 11.4. The highest BCUT2D eigenvalue weighted by Gasteiger charge is 2.20. The first kappa shape index (κ1) is 28.5. The number of hydrogen-bond donors (Lipinski definition) is 1. The number of rotatable bonds is 10. The van der Waals surface area contributed by atoms with E-state index in [1.165, 1.54) is 32.1 Å².